The van der Waals surface area contributed by atoms with E-state index in [1.165, 1.54) is 23.6 Å². The van der Waals surface area contributed by atoms with Gasteiger partial charge in [0.15, 0.2) is 0 Å². The molecule has 1 fully saturated rings. The van der Waals surface area contributed by atoms with Crippen LogP contribution in [0.25, 0.3) is 10.6 Å². The molecule has 2 heterocycles. The zero-order valence-corrected chi connectivity index (χ0v) is 13.8. The Morgan fingerprint density at radius 1 is 1.35 bits per heavy atom. The number of nitrogens with two attached hydrogens (primary N) is 1. The lowest BCUT2D eigenvalue weighted by Crippen LogP contribution is -2.45. The van der Waals surface area contributed by atoms with Gasteiger partial charge in [-0.2, -0.15) is 0 Å². The zero-order chi connectivity index (χ0) is 15.7. The third kappa shape index (κ3) is 3.68. The summed E-state index contributed by atoms with van der Waals surface area (Å²) in [6.07, 6.45) is 1.75. The van der Waals surface area contributed by atoms with Gasteiger partial charge in [-0.25, -0.2) is 13.8 Å². The Balaban J connectivity index is 0.00000192. The number of carbonyl (C=O) groups is 1. The SMILES string of the molecule is Cl.NC1CCCN(C(=O)c2csc(-c3c(F)cccc3F)n2)C1. The van der Waals surface area contributed by atoms with E-state index < -0.39 is 11.6 Å². The first-order valence-electron chi connectivity index (χ1n) is 7.01. The van der Waals surface area contributed by atoms with Gasteiger partial charge in [-0.05, 0) is 25.0 Å². The molecule has 23 heavy (non-hydrogen) atoms. The van der Waals surface area contributed by atoms with Crippen LogP contribution >= 0.6 is 23.7 Å². The molecular weight excluding hydrogens is 344 g/mol. The second-order valence-corrected chi connectivity index (χ2v) is 6.15. The fourth-order valence-electron chi connectivity index (χ4n) is 2.55. The van der Waals surface area contributed by atoms with Crippen LogP contribution in [0.3, 0.4) is 0 Å². The number of hydrogen-bond acceptors (Lipinski definition) is 4. The number of nitrogens with zero attached hydrogens (tertiary/aromatic N) is 2. The molecule has 0 radical (unpaired) electrons. The summed E-state index contributed by atoms with van der Waals surface area (Å²) in [6, 6.07) is 3.61. The van der Waals surface area contributed by atoms with Crippen LogP contribution in [0.1, 0.15) is 23.3 Å². The first-order valence-corrected chi connectivity index (χ1v) is 7.89. The van der Waals surface area contributed by atoms with Crippen molar-refractivity contribution in [2.45, 2.75) is 18.9 Å². The fourth-order valence-corrected chi connectivity index (χ4v) is 3.39. The van der Waals surface area contributed by atoms with E-state index in [2.05, 4.69) is 4.98 Å². The van der Waals surface area contributed by atoms with Crippen LogP contribution in [-0.2, 0) is 0 Å². The Morgan fingerprint density at radius 3 is 2.70 bits per heavy atom. The van der Waals surface area contributed by atoms with Crippen LogP contribution in [0.5, 0.6) is 0 Å². The number of rotatable bonds is 2. The number of halogens is 3. The monoisotopic (exact) mass is 359 g/mol. The van der Waals surface area contributed by atoms with Crippen LogP contribution in [0.4, 0.5) is 8.78 Å². The average Bonchev–Trinajstić information content (AvgIpc) is 2.96. The van der Waals surface area contributed by atoms with Gasteiger partial charge in [0, 0.05) is 24.5 Å². The molecule has 1 aliphatic rings. The summed E-state index contributed by atoms with van der Waals surface area (Å²) in [6.45, 7) is 1.12. The van der Waals surface area contributed by atoms with Gasteiger partial charge in [0.1, 0.15) is 22.3 Å². The van der Waals surface area contributed by atoms with Crippen molar-refractivity contribution >= 4 is 29.7 Å². The van der Waals surface area contributed by atoms with E-state index in [9.17, 15) is 13.6 Å². The smallest absolute Gasteiger partial charge is 0.273 e. The van der Waals surface area contributed by atoms with Gasteiger partial charge in [-0.1, -0.05) is 6.07 Å². The summed E-state index contributed by atoms with van der Waals surface area (Å²) in [4.78, 5) is 18.1. The first-order chi connectivity index (χ1) is 10.6. The van der Waals surface area contributed by atoms with Crippen molar-refractivity contribution in [1.29, 1.82) is 0 Å². The highest BCUT2D eigenvalue weighted by atomic mass is 35.5. The largest absolute Gasteiger partial charge is 0.336 e. The Morgan fingerprint density at radius 2 is 2.04 bits per heavy atom. The highest BCUT2D eigenvalue weighted by Gasteiger charge is 2.25. The van der Waals surface area contributed by atoms with Crippen LogP contribution in [0.2, 0.25) is 0 Å². The van der Waals surface area contributed by atoms with Crippen molar-refractivity contribution in [3.8, 4) is 10.6 Å². The molecule has 124 valence electrons. The standard InChI is InChI=1S/C15H15F2N3OS.ClH/c16-10-4-1-5-11(17)13(10)14-19-12(8-22-14)15(21)20-6-2-3-9(18)7-20;/h1,4-5,8-9H,2-3,6-7,18H2;1H. The second kappa shape index (κ2) is 7.33. The lowest BCUT2D eigenvalue weighted by Gasteiger charge is -2.30. The first kappa shape index (κ1) is 17.8. The Hall–Kier alpha value is -1.57. The molecule has 2 N–H and O–H groups in total. The fraction of sp³-hybridized carbons (Fsp3) is 0.333. The quantitative estimate of drug-likeness (QED) is 0.896. The van der Waals surface area contributed by atoms with Gasteiger partial charge in [0.2, 0.25) is 0 Å². The van der Waals surface area contributed by atoms with Crippen molar-refractivity contribution in [3.63, 3.8) is 0 Å². The van der Waals surface area contributed by atoms with E-state index in [0.717, 1.165) is 24.2 Å². The van der Waals surface area contributed by atoms with Crippen LogP contribution in [-0.4, -0.2) is 34.9 Å². The number of benzene rings is 1. The summed E-state index contributed by atoms with van der Waals surface area (Å²) < 4.78 is 27.5. The van der Waals surface area contributed by atoms with E-state index in [-0.39, 0.29) is 40.6 Å². The molecule has 2 aromatic rings. The summed E-state index contributed by atoms with van der Waals surface area (Å²) >= 11 is 1.05. The van der Waals surface area contributed by atoms with Crippen molar-refractivity contribution in [3.05, 3.63) is 40.9 Å². The van der Waals surface area contributed by atoms with Crippen LogP contribution < -0.4 is 5.73 Å². The summed E-state index contributed by atoms with van der Waals surface area (Å²) in [5.41, 5.74) is 5.88. The number of thiazole rings is 1. The maximum Gasteiger partial charge on any atom is 0.273 e. The normalized spacial score (nSPS) is 17.7. The van der Waals surface area contributed by atoms with Gasteiger partial charge in [-0.3, -0.25) is 4.79 Å². The highest BCUT2D eigenvalue weighted by Crippen LogP contribution is 2.29. The third-order valence-electron chi connectivity index (χ3n) is 3.64. The molecule has 1 aromatic heterocycles. The molecule has 3 rings (SSSR count). The number of carbonyl (C=O) groups excluding carboxylic acids is 1. The van der Waals surface area contributed by atoms with Crippen molar-refractivity contribution < 1.29 is 13.6 Å². The highest BCUT2D eigenvalue weighted by molar-refractivity contribution is 7.13. The molecule has 4 nitrogen and oxygen atoms in total. The average molecular weight is 360 g/mol. The van der Waals surface area contributed by atoms with Gasteiger partial charge in [0.05, 0.1) is 5.56 Å². The molecular formula is C15H16ClF2N3OS. The molecule has 1 unspecified atom stereocenters. The lowest BCUT2D eigenvalue weighted by molar-refractivity contribution is 0.0703. The molecule has 8 heteroatoms. The summed E-state index contributed by atoms with van der Waals surface area (Å²) in [5, 5.41) is 1.70. The second-order valence-electron chi connectivity index (χ2n) is 5.29. The number of piperidine rings is 1. The number of hydrogen-bond donors (Lipinski definition) is 1. The lowest BCUT2D eigenvalue weighted by atomic mass is 10.1. The molecule has 1 aromatic carbocycles. The van der Waals surface area contributed by atoms with E-state index in [0.29, 0.717) is 13.1 Å². The molecule has 0 bridgehead atoms. The molecule has 1 saturated heterocycles. The molecule has 0 spiro atoms. The number of amides is 1. The van der Waals surface area contributed by atoms with Gasteiger partial charge in [0.25, 0.3) is 5.91 Å². The number of aromatic nitrogens is 1. The molecule has 1 aliphatic heterocycles. The third-order valence-corrected chi connectivity index (χ3v) is 4.50. The minimum absolute atomic E-state index is 0. The van der Waals surface area contributed by atoms with E-state index in [4.69, 9.17) is 5.73 Å². The van der Waals surface area contributed by atoms with Crippen LogP contribution in [0.15, 0.2) is 23.6 Å². The molecule has 1 amide bonds. The zero-order valence-electron chi connectivity index (χ0n) is 12.2. The minimum Gasteiger partial charge on any atom is -0.336 e. The van der Waals surface area contributed by atoms with Crippen molar-refractivity contribution in [2.75, 3.05) is 13.1 Å². The summed E-state index contributed by atoms with van der Waals surface area (Å²) in [5.74, 6) is -1.61. The van der Waals surface area contributed by atoms with E-state index >= 15 is 0 Å². The maximum atomic E-state index is 13.8. The van der Waals surface area contributed by atoms with Gasteiger partial charge >= 0.3 is 0 Å². The topological polar surface area (TPSA) is 59.2 Å². The predicted octanol–water partition coefficient (Wildman–Crippen LogP) is 3.07. The number of likely N-dealkylation sites (tertiary alicyclic amines) is 1. The summed E-state index contributed by atoms with van der Waals surface area (Å²) in [7, 11) is 0. The molecule has 0 saturated carbocycles. The van der Waals surface area contributed by atoms with Gasteiger partial charge in [-0.15, -0.1) is 23.7 Å². The van der Waals surface area contributed by atoms with Crippen molar-refractivity contribution in [2.24, 2.45) is 5.73 Å². The van der Waals surface area contributed by atoms with Crippen LogP contribution in [0, 0.1) is 11.6 Å². The molecule has 1 atom stereocenters. The van der Waals surface area contributed by atoms with Gasteiger partial charge < -0.3 is 10.6 Å². The minimum atomic E-state index is -0.687. The van der Waals surface area contributed by atoms with E-state index in [1.54, 1.807) is 4.90 Å². The molecule has 0 aliphatic carbocycles. The maximum absolute atomic E-state index is 13.8. The van der Waals surface area contributed by atoms with E-state index in [1.807, 2.05) is 0 Å². The predicted molar refractivity (Wildman–Crippen MR) is 87.8 cm³/mol. The Labute approximate surface area is 142 Å². The Kier molecular flexibility index (Phi) is 5.67. The van der Waals surface area contributed by atoms with Crippen molar-refractivity contribution in [1.82, 2.24) is 9.88 Å². The Bertz CT molecular complexity index is 690.